The third kappa shape index (κ3) is 4.72. The molecule has 0 amide bonds. The predicted octanol–water partition coefficient (Wildman–Crippen LogP) is 3.05. The van der Waals surface area contributed by atoms with Gasteiger partial charge in [-0.3, -0.25) is 0 Å². The maximum Gasteiger partial charge on any atom is 0.149 e. The quantitative estimate of drug-likeness (QED) is 0.641. The second-order valence-electron chi connectivity index (χ2n) is 7.42. The van der Waals surface area contributed by atoms with Crippen LogP contribution < -0.4 is 4.74 Å². The molecular weight excluding hydrogens is 388 g/mol. The van der Waals surface area contributed by atoms with Crippen molar-refractivity contribution < 1.29 is 19.7 Å². The largest absolute Gasteiger partial charge is 0.494 e. The summed E-state index contributed by atoms with van der Waals surface area (Å²) in [5.74, 6) is 0.811. The van der Waals surface area contributed by atoms with E-state index in [9.17, 15) is 20.0 Å². The minimum absolute atomic E-state index is 0.332. The zero-order valence-corrected chi connectivity index (χ0v) is 17.0. The van der Waals surface area contributed by atoms with Crippen LogP contribution >= 0.6 is 0 Å². The number of aliphatic hydroxyl groups excluding tert-OH is 2. The Kier molecular flexibility index (Phi) is 7.25. The van der Waals surface area contributed by atoms with Gasteiger partial charge in [-0.05, 0) is 54.7 Å². The molecule has 0 aromatic heterocycles. The molecule has 8 heteroatoms. The summed E-state index contributed by atoms with van der Waals surface area (Å²) in [5, 5.41) is 26.4. The molecule has 0 aliphatic carbocycles. The van der Waals surface area contributed by atoms with Crippen LogP contribution in [0.25, 0.3) is 0 Å². The van der Waals surface area contributed by atoms with E-state index in [1.54, 1.807) is 6.07 Å². The minimum atomic E-state index is -1.39. The molecule has 1 aliphatic rings. The maximum atomic E-state index is 11.2. The van der Waals surface area contributed by atoms with E-state index in [2.05, 4.69) is 10.4 Å². The fourth-order valence-corrected chi connectivity index (χ4v) is 3.72. The molecule has 0 saturated carbocycles. The van der Waals surface area contributed by atoms with Crippen molar-refractivity contribution in [3.05, 3.63) is 74.5 Å². The van der Waals surface area contributed by atoms with Crippen LogP contribution in [0.15, 0.2) is 52.8 Å². The van der Waals surface area contributed by atoms with E-state index < -0.39 is 30.5 Å². The van der Waals surface area contributed by atoms with Gasteiger partial charge in [-0.25, -0.2) is 0 Å². The molecule has 2 N–H and O–H groups in total. The molecule has 1 saturated heterocycles. The molecule has 1 aliphatic heterocycles. The van der Waals surface area contributed by atoms with E-state index in [0.717, 1.165) is 22.4 Å². The van der Waals surface area contributed by atoms with Crippen molar-refractivity contribution in [2.75, 3.05) is 13.2 Å². The van der Waals surface area contributed by atoms with Gasteiger partial charge in [-0.1, -0.05) is 40.7 Å². The highest BCUT2D eigenvalue weighted by atomic mass is 16.5. The molecule has 0 bridgehead atoms. The molecule has 1 heterocycles. The van der Waals surface area contributed by atoms with Gasteiger partial charge in [-0.2, -0.15) is 9.81 Å². The van der Waals surface area contributed by atoms with Gasteiger partial charge in [0.2, 0.25) is 0 Å². The molecule has 5 atom stereocenters. The number of aryl methyl sites for hydroxylation is 1. The van der Waals surface area contributed by atoms with Crippen molar-refractivity contribution in [1.29, 1.82) is 0 Å². The number of rotatable bonds is 8. The van der Waals surface area contributed by atoms with Crippen molar-refractivity contribution in [1.82, 2.24) is 0 Å². The Bertz CT molecular complexity index is 872. The number of hydrogen-bond acceptors (Lipinski definition) is 8. The van der Waals surface area contributed by atoms with Gasteiger partial charge in [0.15, 0.2) is 0 Å². The van der Waals surface area contributed by atoms with Gasteiger partial charge in [0.1, 0.15) is 42.8 Å². The van der Waals surface area contributed by atoms with E-state index >= 15 is 0 Å². The monoisotopic (exact) mass is 414 g/mol. The highest BCUT2D eigenvalue weighted by Crippen LogP contribution is 2.35. The van der Waals surface area contributed by atoms with E-state index in [4.69, 9.17) is 9.47 Å². The van der Waals surface area contributed by atoms with Gasteiger partial charge in [0.25, 0.3) is 0 Å². The number of benzene rings is 2. The van der Waals surface area contributed by atoms with Gasteiger partial charge < -0.3 is 19.7 Å². The molecule has 5 unspecified atom stereocenters. The number of aliphatic hydroxyl groups is 2. The summed E-state index contributed by atoms with van der Waals surface area (Å²) in [4.78, 5) is 21.9. The van der Waals surface area contributed by atoms with E-state index in [1.807, 2.05) is 50.2 Å². The standard InChI is InChI=1S/C22H26N2O6/c1-3-29-17-8-5-14(6-9-17)10-16-11-15(7-4-13(16)2)22-21(26)19(24-28)20(25)18(30-22)12-23-27/h4-9,11,18-22,25-26H,3,10,12H2,1-2H3. The van der Waals surface area contributed by atoms with Crippen molar-refractivity contribution in [2.45, 2.75) is 50.7 Å². The Hall–Kier alpha value is -2.68. The Morgan fingerprint density at radius 1 is 1.07 bits per heavy atom. The molecule has 2 aromatic rings. The molecule has 0 spiro atoms. The van der Waals surface area contributed by atoms with Crippen LogP contribution in [0.3, 0.4) is 0 Å². The summed E-state index contributed by atoms with van der Waals surface area (Å²) in [6.45, 7) is 4.20. The third-order valence-corrected chi connectivity index (χ3v) is 5.42. The third-order valence-electron chi connectivity index (χ3n) is 5.42. The molecule has 1 fully saturated rings. The van der Waals surface area contributed by atoms with E-state index in [0.29, 0.717) is 18.6 Å². The maximum absolute atomic E-state index is 11.2. The zero-order chi connectivity index (χ0) is 21.7. The minimum Gasteiger partial charge on any atom is -0.494 e. The first-order chi connectivity index (χ1) is 14.5. The SMILES string of the molecule is CCOc1ccc(Cc2cc(C3OC(CN=O)C(O)C(N=O)C3O)ccc2C)cc1. The highest BCUT2D eigenvalue weighted by Gasteiger charge is 2.46. The molecule has 160 valence electrons. The smallest absolute Gasteiger partial charge is 0.149 e. The first-order valence-corrected chi connectivity index (χ1v) is 9.92. The van der Waals surface area contributed by atoms with Gasteiger partial charge in [0.05, 0.1) is 6.61 Å². The Morgan fingerprint density at radius 2 is 1.80 bits per heavy atom. The number of nitroso groups, excluding NO2 is 2. The normalized spacial score (nSPS) is 26.2. The average Bonchev–Trinajstić information content (AvgIpc) is 2.74. The summed E-state index contributed by atoms with van der Waals surface area (Å²) in [7, 11) is 0. The van der Waals surface area contributed by atoms with Crippen molar-refractivity contribution >= 4 is 0 Å². The van der Waals surface area contributed by atoms with E-state index in [-0.39, 0.29) is 6.54 Å². The van der Waals surface area contributed by atoms with Crippen LogP contribution in [-0.2, 0) is 11.2 Å². The fraction of sp³-hybridized carbons (Fsp3) is 0.455. The van der Waals surface area contributed by atoms with Crippen LogP contribution in [-0.4, -0.2) is 47.7 Å². The van der Waals surface area contributed by atoms with Crippen molar-refractivity contribution in [3.63, 3.8) is 0 Å². The molecule has 8 nitrogen and oxygen atoms in total. The summed E-state index contributed by atoms with van der Waals surface area (Å²) in [6.07, 6.45) is -3.97. The number of ether oxygens (including phenoxy) is 2. The Labute approximate surface area is 174 Å². The number of hydrogen-bond donors (Lipinski definition) is 2. The molecule has 3 rings (SSSR count). The lowest BCUT2D eigenvalue weighted by Gasteiger charge is -2.39. The molecule has 30 heavy (non-hydrogen) atoms. The topological polar surface area (TPSA) is 118 Å². The number of nitrogens with zero attached hydrogens (tertiary/aromatic N) is 2. The van der Waals surface area contributed by atoms with Crippen LogP contribution in [0, 0.1) is 16.7 Å². The fourth-order valence-electron chi connectivity index (χ4n) is 3.72. The lowest BCUT2D eigenvalue weighted by Crippen LogP contribution is -2.54. The Balaban J connectivity index is 1.85. The van der Waals surface area contributed by atoms with Crippen LogP contribution in [0.4, 0.5) is 0 Å². The lowest BCUT2D eigenvalue weighted by atomic mass is 9.88. The second kappa shape index (κ2) is 9.88. The van der Waals surface area contributed by atoms with Crippen LogP contribution in [0.2, 0.25) is 0 Å². The average molecular weight is 414 g/mol. The van der Waals surface area contributed by atoms with Crippen LogP contribution in [0.1, 0.15) is 35.3 Å². The van der Waals surface area contributed by atoms with E-state index in [1.165, 1.54) is 0 Å². The molecule has 0 radical (unpaired) electrons. The molecular formula is C22H26N2O6. The second-order valence-corrected chi connectivity index (χ2v) is 7.42. The highest BCUT2D eigenvalue weighted by molar-refractivity contribution is 5.38. The lowest BCUT2D eigenvalue weighted by molar-refractivity contribution is -0.177. The van der Waals surface area contributed by atoms with Gasteiger partial charge in [0, 0.05) is 0 Å². The first kappa shape index (κ1) is 22.0. The summed E-state index contributed by atoms with van der Waals surface area (Å²) in [5.41, 5.74) is 3.83. The zero-order valence-electron chi connectivity index (χ0n) is 17.0. The summed E-state index contributed by atoms with van der Waals surface area (Å²) >= 11 is 0. The summed E-state index contributed by atoms with van der Waals surface area (Å²) < 4.78 is 11.2. The predicted molar refractivity (Wildman–Crippen MR) is 111 cm³/mol. The van der Waals surface area contributed by atoms with Gasteiger partial charge >= 0.3 is 0 Å². The van der Waals surface area contributed by atoms with Gasteiger partial charge in [-0.15, -0.1) is 0 Å². The van der Waals surface area contributed by atoms with Crippen molar-refractivity contribution in [2.24, 2.45) is 10.4 Å². The molecule has 2 aromatic carbocycles. The summed E-state index contributed by atoms with van der Waals surface area (Å²) in [6, 6.07) is 12.2. The van der Waals surface area contributed by atoms with Crippen LogP contribution in [0.5, 0.6) is 5.75 Å². The van der Waals surface area contributed by atoms with Crippen molar-refractivity contribution in [3.8, 4) is 5.75 Å². The Morgan fingerprint density at radius 3 is 2.43 bits per heavy atom. The first-order valence-electron chi connectivity index (χ1n) is 9.92.